The Morgan fingerprint density at radius 3 is 2.92 bits per heavy atom. The van der Waals surface area contributed by atoms with Gasteiger partial charge in [-0.3, -0.25) is 9.48 Å². The Bertz CT molecular complexity index is 928. The monoisotopic (exact) mass is 322 g/mol. The molecule has 1 amide bonds. The molecule has 24 heavy (non-hydrogen) atoms. The highest BCUT2D eigenvalue weighted by molar-refractivity contribution is 6.02. The fraction of sp³-hybridized carbons (Fsp3) is 0.167. The topological polar surface area (TPSA) is 69.0 Å². The molecule has 2 aromatic heterocycles. The summed E-state index contributed by atoms with van der Waals surface area (Å²) >= 11 is 0. The molecule has 0 atom stereocenters. The van der Waals surface area contributed by atoms with Crippen LogP contribution in [0.5, 0.6) is 5.75 Å². The lowest BCUT2D eigenvalue weighted by molar-refractivity contribution is -0.111. The van der Waals surface area contributed by atoms with E-state index in [2.05, 4.69) is 15.4 Å². The maximum Gasteiger partial charge on any atom is 0.248 e. The van der Waals surface area contributed by atoms with Crippen LogP contribution >= 0.6 is 0 Å². The van der Waals surface area contributed by atoms with Crippen LogP contribution in [0.1, 0.15) is 11.3 Å². The number of aryl methyl sites for hydroxylation is 2. The Balaban J connectivity index is 1.77. The van der Waals surface area contributed by atoms with Gasteiger partial charge in [0, 0.05) is 24.1 Å². The van der Waals surface area contributed by atoms with E-state index in [0.29, 0.717) is 5.69 Å². The highest BCUT2D eigenvalue weighted by atomic mass is 16.5. The van der Waals surface area contributed by atoms with Crippen molar-refractivity contribution < 1.29 is 9.53 Å². The molecule has 0 aliphatic carbocycles. The van der Waals surface area contributed by atoms with Crippen LogP contribution in [-0.4, -0.2) is 27.8 Å². The first-order chi connectivity index (χ1) is 11.6. The van der Waals surface area contributed by atoms with Gasteiger partial charge >= 0.3 is 0 Å². The maximum atomic E-state index is 12.1. The number of rotatable bonds is 4. The molecule has 6 nitrogen and oxygen atoms in total. The van der Waals surface area contributed by atoms with Gasteiger partial charge in [0.1, 0.15) is 5.75 Å². The molecule has 0 saturated carbocycles. The van der Waals surface area contributed by atoms with Crippen molar-refractivity contribution in [3.05, 3.63) is 53.9 Å². The van der Waals surface area contributed by atoms with Gasteiger partial charge in [0.05, 0.1) is 24.7 Å². The zero-order valence-electron chi connectivity index (χ0n) is 13.8. The zero-order valence-corrected chi connectivity index (χ0v) is 13.8. The first-order valence-corrected chi connectivity index (χ1v) is 7.50. The lowest BCUT2D eigenvalue weighted by Gasteiger charge is -2.04. The number of aromatic nitrogens is 3. The molecule has 0 fully saturated rings. The van der Waals surface area contributed by atoms with Crippen molar-refractivity contribution >= 4 is 28.7 Å². The Morgan fingerprint density at radius 2 is 2.12 bits per heavy atom. The third-order valence-electron chi connectivity index (χ3n) is 3.68. The van der Waals surface area contributed by atoms with Crippen molar-refractivity contribution in [1.82, 2.24) is 14.8 Å². The summed E-state index contributed by atoms with van der Waals surface area (Å²) in [5, 5.41) is 8.05. The number of amides is 1. The molecule has 0 aliphatic heterocycles. The van der Waals surface area contributed by atoms with E-state index in [4.69, 9.17) is 4.74 Å². The number of anilines is 1. The summed E-state index contributed by atoms with van der Waals surface area (Å²) in [5.74, 6) is 0.485. The fourth-order valence-electron chi connectivity index (χ4n) is 2.53. The van der Waals surface area contributed by atoms with Crippen molar-refractivity contribution in [2.75, 3.05) is 12.4 Å². The van der Waals surface area contributed by atoms with Gasteiger partial charge in [-0.2, -0.15) is 5.10 Å². The molecule has 0 aliphatic rings. The molecule has 122 valence electrons. The third-order valence-corrected chi connectivity index (χ3v) is 3.68. The number of nitrogens with one attached hydrogen (secondary N) is 1. The second kappa shape index (κ2) is 6.54. The van der Waals surface area contributed by atoms with E-state index in [-0.39, 0.29) is 5.91 Å². The van der Waals surface area contributed by atoms with Crippen LogP contribution in [0.25, 0.3) is 17.1 Å². The molecule has 1 N–H and O–H groups in total. The minimum atomic E-state index is -0.233. The zero-order chi connectivity index (χ0) is 17.1. The number of hydrogen-bond acceptors (Lipinski definition) is 4. The quantitative estimate of drug-likeness (QED) is 0.750. The number of hydrogen-bond donors (Lipinski definition) is 1. The van der Waals surface area contributed by atoms with Crippen molar-refractivity contribution in [3.63, 3.8) is 0 Å². The van der Waals surface area contributed by atoms with E-state index >= 15 is 0 Å². The van der Waals surface area contributed by atoms with E-state index in [9.17, 15) is 4.79 Å². The minimum Gasteiger partial charge on any atom is -0.496 e. The molecule has 1 aromatic carbocycles. The summed E-state index contributed by atoms with van der Waals surface area (Å²) in [6.07, 6.45) is 4.81. The van der Waals surface area contributed by atoms with Gasteiger partial charge in [-0.05, 0) is 25.1 Å². The van der Waals surface area contributed by atoms with Crippen LogP contribution in [0.15, 0.2) is 42.6 Å². The molecule has 0 unspecified atom stereocenters. The summed E-state index contributed by atoms with van der Waals surface area (Å²) in [7, 11) is 3.44. The molecule has 0 spiro atoms. The number of ether oxygens (including phenoxy) is 1. The van der Waals surface area contributed by atoms with Crippen molar-refractivity contribution in [3.8, 4) is 5.75 Å². The molecule has 2 heterocycles. The summed E-state index contributed by atoms with van der Waals surface area (Å²) in [6, 6.07) is 9.38. The number of carbonyl (C=O) groups is 1. The summed E-state index contributed by atoms with van der Waals surface area (Å²) in [4.78, 5) is 16.5. The lowest BCUT2D eigenvalue weighted by atomic mass is 10.2. The predicted octanol–water partition coefficient (Wildman–Crippen LogP) is 2.94. The summed E-state index contributed by atoms with van der Waals surface area (Å²) < 4.78 is 6.98. The van der Waals surface area contributed by atoms with Gasteiger partial charge in [-0.15, -0.1) is 0 Å². The number of nitrogens with zero attached hydrogens (tertiary/aromatic N) is 3. The molecule has 0 radical (unpaired) electrons. The SMILES string of the molecule is COc1ccccc1/C=C/C(=O)Nc1cnc2c(c1)c(C)nn2C. The highest BCUT2D eigenvalue weighted by Gasteiger charge is 2.08. The van der Waals surface area contributed by atoms with Gasteiger partial charge in [0.2, 0.25) is 5.91 Å². The van der Waals surface area contributed by atoms with E-state index in [1.54, 1.807) is 24.1 Å². The van der Waals surface area contributed by atoms with Crippen molar-refractivity contribution in [1.29, 1.82) is 0 Å². The van der Waals surface area contributed by atoms with Crippen LogP contribution in [0.2, 0.25) is 0 Å². The van der Waals surface area contributed by atoms with Gasteiger partial charge in [-0.25, -0.2) is 4.98 Å². The van der Waals surface area contributed by atoms with E-state index in [0.717, 1.165) is 28.0 Å². The largest absolute Gasteiger partial charge is 0.496 e. The summed E-state index contributed by atoms with van der Waals surface area (Å²) in [6.45, 7) is 1.91. The average Bonchev–Trinajstić information content (AvgIpc) is 2.87. The van der Waals surface area contributed by atoms with Crippen LogP contribution in [0.4, 0.5) is 5.69 Å². The Labute approximate surface area is 139 Å². The molecule has 3 rings (SSSR count). The molecule has 6 heteroatoms. The van der Waals surface area contributed by atoms with Crippen LogP contribution < -0.4 is 10.1 Å². The molecule has 3 aromatic rings. The Kier molecular flexibility index (Phi) is 4.29. The number of fused-ring (bicyclic) bond motifs is 1. The minimum absolute atomic E-state index is 0.233. The number of carbonyl (C=O) groups excluding carboxylic acids is 1. The predicted molar refractivity (Wildman–Crippen MR) is 93.9 cm³/mol. The second-order valence-electron chi connectivity index (χ2n) is 5.37. The van der Waals surface area contributed by atoms with E-state index < -0.39 is 0 Å². The molecule has 0 saturated heterocycles. The maximum absolute atomic E-state index is 12.1. The molecular weight excluding hydrogens is 304 g/mol. The summed E-state index contributed by atoms with van der Waals surface area (Å²) in [5.41, 5.74) is 3.14. The van der Waals surface area contributed by atoms with Gasteiger partial charge in [0.15, 0.2) is 5.65 Å². The lowest BCUT2D eigenvalue weighted by Crippen LogP contribution is -2.08. The van der Waals surface area contributed by atoms with Crippen LogP contribution in [0.3, 0.4) is 0 Å². The number of para-hydroxylation sites is 1. The van der Waals surface area contributed by atoms with Gasteiger partial charge in [-0.1, -0.05) is 18.2 Å². The van der Waals surface area contributed by atoms with Gasteiger partial charge in [0.25, 0.3) is 0 Å². The first-order valence-electron chi connectivity index (χ1n) is 7.50. The first kappa shape index (κ1) is 15.7. The van der Waals surface area contributed by atoms with E-state index in [1.165, 1.54) is 6.08 Å². The Morgan fingerprint density at radius 1 is 1.33 bits per heavy atom. The fourth-order valence-corrected chi connectivity index (χ4v) is 2.53. The van der Waals surface area contributed by atoms with Crippen molar-refractivity contribution in [2.45, 2.75) is 6.92 Å². The normalized spacial score (nSPS) is 11.1. The smallest absolute Gasteiger partial charge is 0.248 e. The number of benzene rings is 1. The standard InChI is InChI=1S/C18H18N4O2/c1-12-15-10-14(11-19-18(15)22(2)21-12)20-17(23)9-8-13-6-4-5-7-16(13)24-3/h4-11H,1-3H3,(H,20,23)/b9-8+. The number of pyridine rings is 1. The second-order valence-corrected chi connectivity index (χ2v) is 5.37. The van der Waals surface area contributed by atoms with Crippen LogP contribution in [-0.2, 0) is 11.8 Å². The van der Waals surface area contributed by atoms with Gasteiger partial charge < -0.3 is 10.1 Å². The Hall–Kier alpha value is -3.15. The van der Waals surface area contributed by atoms with Crippen molar-refractivity contribution in [2.24, 2.45) is 7.05 Å². The third kappa shape index (κ3) is 3.12. The molecular formula is C18H18N4O2. The van der Waals surface area contributed by atoms with E-state index in [1.807, 2.05) is 44.3 Å². The average molecular weight is 322 g/mol. The number of methoxy groups -OCH3 is 1. The highest BCUT2D eigenvalue weighted by Crippen LogP contribution is 2.20. The van der Waals surface area contributed by atoms with Crippen LogP contribution in [0, 0.1) is 6.92 Å². The molecule has 0 bridgehead atoms.